The Morgan fingerprint density at radius 3 is 2.63 bits per heavy atom. The number of aromatic nitrogens is 1. The molecule has 27 heavy (non-hydrogen) atoms. The fourth-order valence-corrected chi connectivity index (χ4v) is 2.77. The van der Waals surface area contributed by atoms with Gasteiger partial charge in [0.25, 0.3) is 5.91 Å². The van der Waals surface area contributed by atoms with E-state index in [9.17, 15) is 4.79 Å². The predicted molar refractivity (Wildman–Crippen MR) is 105 cm³/mol. The van der Waals surface area contributed by atoms with Gasteiger partial charge < -0.3 is 14.6 Å². The normalized spacial score (nSPS) is 10.9. The number of ether oxygens (including phenoxy) is 1. The molecule has 0 aliphatic heterocycles. The number of carbonyl (C=O) groups excluding carboxylic acids is 1. The number of carbonyl (C=O) groups is 1. The van der Waals surface area contributed by atoms with Crippen molar-refractivity contribution in [2.45, 2.75) is 40.2 Å². The molecule has 140 valence electrons. The number of nitrogens with one attached hydrogen (secondary N) is 1. The van der Waals surface area contributed by atoms with Crippen molar-refractivity contribution in [3.05, 3.63) is 76.7 Å². The molecule has 0 aliphatic rings. The summed E-state index contributed by atoms with van der Waals surface area (Å²) in [6.45, 7) is 8.34. The van der Waals surface area contributed by atoms with Gasteiger partial charge in [-0.15, -0.1) is 0 Å². The molecule has 0 aliphatic carbocycles. The Morgan fingerprint density at radius 1 is 1.15 bits per heavy atom. The Morgan fingerprint density at radius 2 is 1.93 bits per heavy atom. The van der Waals surface area contributed by atoms with Crippen LogP contribution in [0.3, 0.4) is 0 Å². The first-order chi connectivity index (χ1) is 12.9. The van der Waals surface area contributed by atoms with Crippen molar-refractivity contribution in [1.82, 2.24) is 5.16 Å². The molecule has 5 nitrogen and oxygen atoms in total. The van der Waals surface area contributed by atoms with Crippen molar-refractivity contribution in [1.29, 1.82) is 0 Å². The van der Waals surface area contributed by atoms with Gasteiger partial charge in [0, 0.05) is 11.3 Å². The number of nitrogens with zero attached hydrogens (tertiary/aromatic N) is 1. The average molecular weight is 364 g/mol. The number of hydrogen-bond donors (Lipinski definition) is 1. The molecule has 0 saturated carbocycles. The highest BCUT2D eigenvalue weighted by Gasteiger charge is 2.11. The first-order valence-electron chi connectivity index (χ1n) is 9.00. The first-order valence-corrected chi connectivity index (χ1v) is 9.00. The number of benzene rings is 2. The van der Waals surface area contributed by atoms with Gasteiger partial charge in [-0.2, -0.15) is 0 Å². The molecule has 0 radical (unpaired) electrons. The second-order valence-electron chi connectivity index (χ2n) is 6.85. The molecule has 0 saturated heterocycles. The van der Waals surface area contributed by atoms with Crippen LogP contribution < -0.4 is 10.1 Å². The lowest BCUT2D eigenvalue weighted by molar-refractivity contribution is 0.102. The highest BCUT2D eigenvalue weighted by molar-refractivity contribution is 6.04. The summed E-state index contributed by atoms with van der Waals surface area (Å²) >= 11 is 0. The molecule has 0 atom stereocenters. The molecule has 0 bridgehead atoms. The smallest absolute Gasteiger partial charge is 0.255 e. The lowest BCUT2D eigenvalue weighted by atomic mass is 10.0. The molecule has 3 aromatic rings. The van der Waals surface area contributed by atoms with Crippen LogP contribution in [0.5, 0.6) is 5.75 Å². The summed E-state index contributed by atoms with van der Waals surface area (Å²) in [6.07, 6.45) is 0. The molecule has 0 unspecified atom stereocenters. The molecule has 0 spiro atoms. The minimum absolute atomic E-state index is 0.168. The zero-order chi connectivity index (χ0) is 19.4. The van der Waals surface area contributed by atoms with Gasteiger partial charge in [-0.3, -0.25) is 4.79 Å². The largest absolute Gasteiger partial charge is 0.489 e. The van der Waals surface area contributed by atoms with Crippen LogP contribution in [0.4, 0.5) is 5.69 Å². The fourth-order valence-electron chi connectivity index (χ4n) is 2.77. The van der Waals surface area contributed by atoms with Gasteiger partial charge in [0.05, 0.1) is 11.3 Å². The van der Waals surface area contributed by atoms with E-state index in [1.807, 2.05) is 44.2 Å². The summed E-state index contributed by atoms with van der Waals surface area (Å²) in [4.78, 5) is 12.6. The zero-order valence-electron chi connectivity index (χ0n) is 16.1. The fraction of sp³-hybridized carbons (Fsp3) is 0.273. The third-order valence-electron chi connectivity index (χ3n) is 4.47. The van der Waals surface area contributed by atoms with Gasteiger partial charge in [-0.1, -0.05) is 37.2 Å². The van der Waals surface area contributed by atoms with Crippen LogP contribution in [-0.2, 0) is 6.61 Å². The summed E-state index contributed by atoms with van der Waals surface area (Å²) in [6, 6.07) is 15.0. The van der Waals surface area contributed by atoms with E-state index in [0.717, 1.165) is 22.7 Å². The summed E-state index contributed by atoms with van der Waals surface area (Å²) in [5.74, 6) is 1.60. The van der Waals surface area contributed by atoms with Crippen LogP contribution in [0.1, 0.15) is 52.7 Å². The quantitative estimate of drug-likeness (QED) is 0.649. The number of hydrogen-bond acceptors (Lipinski definition) is 4. The molecule has 1 heterocycles. The number of amides is 1. The SMILES string of the molecule is Cc1noc(C)c1COc1cccc(C(=O)Nc2cccc(C(C)C)c2)c1. The molecule has 3 rings (SSSR count). The minimum atomic E-state index is -0.168. The molecule has 1 N–H and O–H groups in total. The van der Waals surface area contributed by atoms with Crippen molar-refractivity contribution < 1.29 is 14.1 Å². The Hall–Kier alpha value is -3.08. The summed E-state index contributed by atoms with van der Waals surface area (Å²) in [5.41, 5.74) is 4.25. The molecule has 1 aromatic heterocycles. The molecule has 1 amide bonds. The zero-order valence-corrected chi connectivity index (χ0v) is 16.1. The van der Waals surface area contributed by atoms with Crippen LogP contribution >= 0.6 is 0 Å². The van der Waals surface area contributed by atoms with E-state index in [-0.39, 0.29) is 5.91 Å². The van der Waals surface area contributed by atoms with Crippen LogP contribution in [-0.4, -0.2) is 11.1 Å². The van der Waals surface area contributed by atoms with Crippen LogP contribution in [0.15, 0.2) is 53.1 Å². The maximum Gasteiger partial charge on any atom is 0.255 e. The summed E-state index contributed by atoms with van der Waals surface area (Å²) in [7, 11) is 0. The highest BCUT2D eigenvalue weighted by Crippen LogP contribution is 2.21. The van der Waals surface area contributed by atoms with E-state index >= 15 is 0 Å². The van der Waals surface area contributed by atoms with Gasteiger partial charge in [0.2, 0.25) is 0 Å². The Bertz CT molecular complexity index is 925. The summed E-state index contributed by atoms with van der Waals surface area (Å²) in [5, 5.41) is 6.87. The maximum absolute atomic E-state index is 12.6. The lowest BCUT2D eigenvalue weighted by Crippen LogP contribution is -2.12. The topological polar surface area (TPSA) is 64.4 Å². The molecular formula is C22H24N2O3. The highest BCUT2D eigenvalue weighted by atomic mass is 16.5. The van der Waals surface area contributed by atoms with Gasteiger partial charge in [0.15, 0.2) is 0 Å². The van der Waals surface area contributed by atoms with E-state index in [1.165, 1.54) is 5.56 Å². The first kappa shape index (κ1) is 18.7. The van der Waals surface area contributed by atoms with Crippen LogP contribution in [0, 0.1) is 13.8 Å². The standard InChI is InChI=1S/C22H24N2O3/c1-14(2)17-7-5-9-19(11-17)23-22(25)18-8-6-10-20(12-18)26-13-21-15(3)24-27-16(21)4/h5-12,14H,13H2,1-4H3,(H,23,25). The second-order valence-corrected chi connectivity index (χ2v) is 6.85. The second kappa shape index (κ2) is 8.08. The van der Waals surface area contributed by atoms with E-state index in [1.54, 1.807) is 12.1 Å². The van der Waals surface area contributed by atoms with Crippen molar-refractivity contribution in [3.63, 3.8) is 0 Å². The monoisotopic (exact) mass is 364 g/mol. The van der Waals surface area contributed by atoms with Crippen LogP contribution in [0.25, 0.3) is 0 Å². The van der Waals surface area contributed by atoms with E-state index in [4.69, 9.17) is 9.26 Å². The number of aryl methyl sites for hydroxylation is 2. The molecule has 2 aromatic carbocycles. The Balaban J connectivity index is 1.69. The third-order valence-corrected chi connectivity index (χ3v) is 4.47. The van der Waals surface area contributed by atoms with Crippen LogP contribution in [0.2, 0.25) is 0 Å². The van der Waals surface area contributed by atoms with Gasteiger partial charge >= 0.3 is 0 Å². The Labute approximate surface area is 159 Å². The van der Waals surface area contributed by atoms with Crippen molar-refractivity contribution in [2.75, 3.05) is 5.32 Å². The minimum Gasteiger partial charge on any atom is -0.489 e. The number of rotatable bonds is 6. The maximum atomic E-state index is 12.6. The summed E-state index contributed by atoms with van der Waals surface area (Å²) < 4.78 is 11.0. The molecule has 5 heteroatoms. The number of anilines is 1. The molecule has 0 fully saturated rings. The van der Waals surface area contributed by atoms with Crippen molar-refractivity contribution in [3.8, 4) is 5.75 Å². The third kappa shape index (κ3) is 4.56. The lowest BCUT2D eigenvalue weighted by Gasteiger charge is -2.11. The van der Waals surface area contributed by atoms with E-state index < -0.39 is 0 Å². The predicted octanol–water partition coefficient (Wildman–Crippen LogP) is 5.25. The average Bonchev–Trinajstić information content (AvgIpc) is 2.98. The van der Waals surface area contributed by atoms with Gasteiger partial charge in [-0.05, 0) is 55.7 Å². The van der Waals surface area contributed by atoms with Gasteiger partial charge in [-0.25, -0.2) is 0 Å². The molecular weight excluding hydrogens is 340 g/mol. The van der Waals surface area contributed by atoms with E-state index in [0.29, 0.717) is 23.8 Å². The Kier molecular flexibility index (Phi) is 5.60. The van der Waals surface area contributed by atoms with Crippen molar-refractivity contribution in [2.24, 2.45) is 0 Å². The van der Waals surface area contributed by atoms with Gasteiger partial charge in [0.1, 0.15) is 18.1 Å². The van der Waals surface area contributed by atoms with Crippen molar-refractivity contribution >= 4 is 11.6 Å². The van der Waals surface area contributed by atoms with E-state index in [2.05, 4.69) is 30.4 Å².